The van der Waals surface area contributed by atoms with E-state index < -0.39 is 10.1 Å². The Labute approximate surface area is 162 Å². The lowest BCUT2D eigenvalue weighted by Gasteiger charge is -2.41. The second-order valence-corrected chi connectivity index (χ2v) is 10.3. The highest BCUT2D eigenvalue weighted by Gasteiger charge is 2.46. The number of rotatable bonds is 4. The molecule has 0 aromatic heterocycles. The van der Waals surface area contributed by atoms with Crippen LogP contribution in [0.4, 0.5) is 0 Å². The van der Waals surface area contributed by atoms with E-state index >= 15 is 0 Å². The molecule has 6 heteroatoms. The molecule has 0 amide bonds. The van der Waals surface area contributed by atoms with Gasteiger partial charge in [0.15, 0.2) is 0 Å². The highest BCUT2D eigenvalue weighted by Crippen LogP contribution is 2.45. The number of hydrogen-bond donors (Lipinski definition) is 0. The van der Waals surface area contributed by atoms with Crippen LogP contribution in [-0.2, 0) is 14.3 Å². The van der Waals surface area contributed by atoms with Crippen LogP contribution in [0.2, 0.25) is 0 Å². The van der Waals surface area contributed by atoms with Gasteiger partial charge in [0.2, 0.25) is 0 Å². The van der Waals surface area contributed by atoms with Crippen LogP contribution in [0.1, 0.15) is 38.7 Å². The highest BCUT2D eigenvalue weighted by atomic mass is 32.2. The Balaban J connectivity index is 1.40. The molecule has 1 aromatic carbocycles. The predicted molar refractivity (Wildman–Crippen MR) is 106 cm³/mol. The van der Waals surface area contributed by atoms with Crippen molar-refractivity contribution < 1.29 is 12.6 Å². The molecule has 5 atom stereocenters. The lowest BCUT2D eigenvalue weighted by Crippen LogP contribution is -2.41. The molecule has 0 radical (unpaired) electrons. The van der Waals surface area contributed by atoms with Crippen LogP contribution >= 0.6 is 0 Å². The molecular weight excluding hydrogens is 360 g/mol. The van der Waals surface area contributed by atoms with E-state index in [0.717, 1.165) is 25.1 Å². The van der Waals surface area contributed by atoms with Crippen molar-refractivity contribution in [1.29, 1.82) is 0 Å². The average Bonchev–Trinajstić information content (AvgIpc) is 3.04. The van der Waals surface area contributed by atoms with E-state index in [1.54, 1.807) is 24.3 Å². The molecule has 0 spiro atoms. The molecule has 1 aliphatic carbocycles. The van der Waals surface area contributed by atoms with Gasteiger partial charge in [-0.05, 0) is 68.9 Å². The molecule has 3 unspecified atom stereocenters. The second kappa shape index (κ2) is 7.30. The van der Waals surface area contributed by atoms with Crippen molar-refractivity contribution in [2.45, 2.75) is 51.0 Å². The molecule has 1 saturated heterocycles. The Morgan fingerprint density at radius 1 is 1.15 bits per heavy atom. The van der Waals surface area contributed by atoms with Gasteiger partial charge in [-0.3, -0.25) is 14.1 Å². The van der Waals surface area contributed by atoms with E-state index in [0.29, 0.717) is 29.7 Å². The van der Waals surface area contributed by atoms with Gasteiger partial charge in [0.1, 0.15) is 6.73 Å². The van der Waals surface area contributed by atoms with E-state index in [4.69, 9.17) is 9.18 Å². The quantitative estimate of drug-likeness (QED) is 0.739. The summed E-state index contributed by atoms with van der Waals surface area (Å²) in [6, 6.07) is 7.28. The summed E-state index contributed by atoms with van der Waals surface area (Å²) in [4.78, 5) is 7.34. The molecule has 0 N–H and O–H groups in total. The average molecular weight is 391 g/mol. The van der Waals surface area contributed by atoms with Gasteiger partial charge < -0.3 is 0 Å². The number of nitrogens with zero attached hydrogens (tertiary/aromatic N) is 2. The predicted octanol–water partition coefficient (Wildman–Crippen LogP) is 3.49. The minimum absolute atomic E-state index is 0.142. The van der Waals surface area contributed by atoms with Gasteiger partial charge >= 0.3 is 0 Å². The van der Waals surface area contributed by atoms with Crippen molar-refractivity contribution >= 4 is 15.8 Å². The minimum atomic E-state index is -3.70. The normalized spacial score (nSPS) is 34.0. The number of aliphatic imine (C=N–C) groups is 1. The summed E-state index contributed by atoms with van der Waals surface area (Å²) < 4.78 is 30.3. The summed E-state index contributed by atoms with van der Waals surface area (Å²) in [6.07, 6.45) is 3.52. The Kier molecular flexibility index (Phi) is 5.16. The monoisotopic (exact) mass is 390 g/mol. The third-order valence-corrected chi connectivity index (χ3v) is 8.02. The zero-order valence-corrected chi connectivity index (χ0v) is 17.3. The van der Waals surface area contributed by atoms with E-state index in [1.165, 1.54) is 18.6 Å². The third-order valence-electron chi connectivity index (χ3n) is 6.76. The fraction of sp³-hybridized carbons (Fsp3) is 0.667. The summed E-state index contributed by atoms with van der Waals surface area (Å²) in [5.41, 5.74) is 2.45. The lowest BCUT2D eigenvalue weighted by atomic mass is 9.65. The number of benzene rings is 1. The highest BCUT2D eigenvalue weighted by molar-refractivity contribution is 7.86. The minimum Gasteiger partial charge on any atom is -0.291 e. The molecule has 5 nitrogen and oxygen atoms in total. The Morgan fingerprint density at radius 2 is 1.89 bits per heavy atom. The largest absolute Gasteiger partial charge is 0.298 e. The van der Waals surface area contributed by atoms with Crippen molar-refractivity contribution in [3.8, 4) is 0 Å². The summed E-state index contributed by atoms with van der Waals surface area (Å²) in [5.74, 6) is 2.44. The first kappa shape index (κ1) is 19.1. The van der Waals surface area contributed by atoms with Gasteiger partial charge in [0.25, 0.3) is 10.1 Å². The van der Waals surface area contributed by atoms with Crippen LogP contribution in [0.25, 0.3) is 0 Å². The zero-order chi connectivity index (χ0) is 19.2. The van der Waals surface area contributed by atoms with Gasteiger partial charge in [-0.15, -0.1) is 0 Å². The molecule has 0 bridgehead atoms. The molecule has 1 aromatic rings. The van der Waals surface area contributed by atoms with Crippen molar-refractivity contribution in [3.05, 3.63) is 29.8 Å². The van der Waals surface area contributed by atoms with Gasteiger partial charge in [0, 0.05) is 24.8 Å². The van der Waals surface area contributed by atoms with Gasteiger partial charge in [-0.2, -0.15) is 8.42 Å². The number of aryl methyl sites for hydroxylation is 1. The first-order valence-corrected chi connectivity index (χ1v) is 11.5. The second-order valence-electron chi connectivity index (χ2n) is 8.69. The molecule has 2 aliphatic heterocycles. The van der Waals surface area contributed by atoms with Crippen LogP contribution in [0.5, 0.6) is 0 Å². The maximum Gasteiger partial charge on any atom is 0.298 e. The van der Waals surface area contributed by atoms with Crippen molar-refractivity contribution in [3.63, 3.8) is 0 Å². The van der Waals surface area contributed by atoms with Crippen molar-refractivity contribution in [2.24, 2.45) is 28.7 Å². The molecule has 1 saturated carbocycles. The van der Waals surface area contributed by atoms with Gasteiger partial charge in [-0.1, -0.05) is 24.6 Å². The molecule has 27 heavy (non-hydrogen) atoms. The van der Waals surface area contributed by atoms with E-state index in [9.17, 15) is 8.42 Å². The van der Waals surface area contributed by atoms with Crippen LogP contribution in [0.15, 0.2) is 34.2 Å². The van der Waals surface area contributed by atoms with E-state index in [2.05, 4.69) is 18.7 Å². The number of likely N-dealkylation sites (tertiary alicyclic amines) is 1. The Morgan fingerprint density at radius 3 is 2.63 bits per heavy atom. The first-order valence-electron chi connectivity index (χ1n) is 10.1. The van der Waals surface area contributed by atoms with Crippen LogP contribution in [0.3, 0.4) is 0 Å². The van der Waals surface area contributed by atoms with Crippen molar-refractivity contribution in [2.75, 3.05) is 19.8 Å². The van der Waals surface area contributed by atoms with Gasteiger partial charge in [0.05, 0.1) is 4.90 Å². The van der Waals surface area contributed by atoms with E-state index in [1.807, 2.05) is 6.92 Å². The number of hydrogen-bond acceptors (Lipinski definition) is 5. The molecule has 4 rings (SSSR count). The maximum absolute atomic E-state index is 12.5. The first-order chi connectivity index (χ1) is 12.8. The van der Waals surface area contributed by atoms with Crippen LogP contribution < -0.4 is 0 Å². The molecule has 3 aliphatic rings. The fourth-order valence-electron chi connectivity index (χ4n) is 5.19. The van der Waals surface area contributed by atoms with Gasteiger partial charge in [-0.25, -0.2) is 0 Å². The molecule has 2 heterocycles. The Hall–Kier alpha value is -1.24. The standard InChI is InChI=1S/C21H30N2O3S/c1-14-4-7-18(8-5-14)27(24,25)26-13-23-11-17-10-21-19(9-6-15(2)22-21)16(3)20(17)12-23/h4-5,7-8,15-17,19-20H,6,9-13H2,1-3H3/t15?,16?,17-,19?,20+/m1/s1. The molecule has 2 fully saturated rings. The summed E-state index contributed by atoms with van der Waals surface area (Å²) in [5, 5.41) is 0. The molecule has 148 valence electrons. The summed E-state index contributed by atoms with van der Waals surface area (Å²) >= 11 is 0. The Bertz CT molecular complexity index is 818. The van der Waals surface area contributed by atoms with Crippen LogP contribution in [-0.4, -0.2) is 44.9 Å². The van der Waals surface area contributed by atoms with E-state index in [-0.39, 0.29) is 11.6 Å². The number of fused-ring (bicyclic) bond motifs is 2. The smallest absolute Gasteiger partial charge is 0.291 e. The van der Waals surface area contributed by atoms with Crippen molar-refractivity contribution in [1.82, 2.24) is 4.90 Å². The topological polar surface area (TPSA) is 59.0 Å². The lowest BCUT2D eigenvalue weighted by molar-refractivity contribution is 0.146. The summed E-state index contributed by atoms with van der Waals surface area (Å²) in [6.45, 7) is 8.48. The SMILES string of the molecule is Cc1ccc(S(=O)(=O)OCN2C[C@H]3CC4=NC(C)CCC4C(C)[C@@H]3C2)cc1. The van der Waals surface area contributed by atoms with Crippen LogP contribution in [0, 0.1) is 30.6 Å². The third kappa shape index (κ3) is 3.84. The molecular formula is C21H30N2O3S. The summed E-state index contributed by atoms with van der Waals surface area (Å²) in [7, 11) is -3.70. The fourth-order valence-corrected chi connectivity index (χ4v) is 6.08. The maximum atomic E-state index is 12.5. The zero-order valence-electron chi connectivity index (χ0n) is 16.5.